The Morgan fingerprint density at radius 1 is 1.86 bits per heavy atom. The van der Waals surface area contributed by atoms with Gasteiger partial charge >= 0.3 is 5.82 Å². The zero-order valence-electron chi connectivity index (χ0n) is 3.40. The van der Waals surface area contributed by atoms with E-state index in [0.717, 1.165) is 0 Å². The molecule has 0 amide bonds. The van der Waals surface area contributed by atoms with Crippen molar-refractivity contribution < 1.29 is 0 Å². The molecule has 0 saturated carbocycles. The Hall–Kier alpha value is -0.950. The van der Waals surface area contributed by atoms with Crippen molar-refractivity contribution >= 4 is 17.4 Å². The third-order valence-electron chi connectivity index (χ3n) is 0.527. The lowest BCUT2D eigenvalue weighted by Crippen LogP contribution is -1.45. The first kappa shape index (κ1) is 4.22. The highest BCUT2D eigenvalue weighted by molar-refractivity contribution is 7.03. The summed E-state index contributed by atoms with van der Waals surface area (Å²) in [5, 5.41) is 9.74. The van der Waals surface area contributed by atoms with E-state index in [2.05, 4.69) is 9.35 Å². The maximum atomic E-state index is 8.00. The zero-order chi connectivity index (χ0) is 5.11. The summed E-state index contributed by atoms with van der Waals surface area (Å²) in [6, 6.07) is 1.63. The van der Waals surface area contributed by atoms with Gasteiger partial charge in [-0.1, -0.05) is 0 Å². The van der Waals surface area contributed by atoms with E-state index >= 15 is 0 Å². The molecule has 0 radical (unpaired) electrons. The predicted octanol–water partition coefficient (Wildman–Crippen LogP) is 1.63. The van der Waals surface area contributed by atoms with Crippen LogP contribution in [0.2, 0.25) is 0 Å². The van der Waals surface area contributed by atoms with Gasteiger partial charge in [0.15, 0.2) is 0 Å². The summed E-state index contributed by atoms with van der Waals surface area (Å²) >= 11 is 1.26. The van der Waals surface area contributed by atoms with Gasteiger partial charge < -0.3 is 0 Å². The van der Waals surface area contributed by atoms with E-state index in [1.54, 1.807) is 11.4 Å². The standard InChI is InChI=1S/C3H2N3S/c4-5-3-1-2-7-6-3/h1-2H/q+1. The number of nitrogens with zero attached hydrogens (tertiary/aromatic N) is 3. The van der Waals surface area contributed by atoms with Crippen LogP contribution in [0, 0.1) is 5.39 Å². The van der Waals surface area contributed by atoms with Crippen LogP contribution in [-0.2, 0) is 0 Å². The van der Waals surface area contributed by atoms with Gasteiger partial charge in [-0.3, -0.25) is 0 Å². The van der Waals surface area contributed by atoms with Gasteiger partial charge in [-0.2, -0.15) is 0 Å². The van der Waals surface area contributed by atoms with Crippen LogP contribution < -0.4 is 0 Å². The zero-order valence-corrected chi connectivity index (χ0v) is 4.22. The Morgan fingerprint density at radius 3 is 3.00 bits per heavy atom. The molecule has 7 heavy (non-hydrogen) atoms. The van der Waals surface area contributed by atoms with Crippen LogP contribution in [-0.4, -0.2) is 4.37 Å². The molecule has 1 aromatic heterocycles. The minimum absolute atomic E-state index is 0.380. The van der Waals surface area contributed by atoms with Gasteiger partial charge in [0.05, 0.1) is 23.0 Å². The predicted molar refractivity (Wildman–Crippen MR) is 26.9 cm³/mol. The third-order valence-corrected chi connectivity index (χ3v) is 1.08. The molecule has 0 aliphatic carbocycles. The molecule has 0 fully saturated rings. The maximum Gasteiger partial charge on any atom is 0.478 e. The van der Waals surface area contributed by atoms with Gasteiger partial charge in [-0.15, -0.1) is 0 Å². The number of rotatable bonds is 0. The highest BCUT2D eigenvalue weighted by Gasteiger charge is 2.01. The van der Waals surface area contributed by atoms with E-state index in [9.17, 15) is 0 Å². The quantitative estimate of drug-likeness (QED) is 0.478. The largest absolute Gasteiger partial charge is 0.478 e. The summed E-state index contributed by atoms with van der Waals surface area (Å²) in [5.74, 6) is 0.380. The van der Waals surface area contributed by atoms with E-state index < -0.39 is 0 Å². The van der Waals surface area contributed by atoms with Crippen LogP contribution >= 0.6 is 11.5 Å². The summed E-state index contributed by atoms with van der Waals surface area (Å²) in [6.07, 6.45) is 0. The Labute approximate surface area is 44.4 Å². The lowest BCUT2D eigenvalue weighted by atomic mass is 10.7. The van der Waals surface area contributed by atoms with Crippen molar-refractivity contribution in [1.29, 1.82) is 5.39 Å². The molecule has 34 valence electrons. The molecule has 1 rings (SSSR count). The molecule has 0 saturated heterocycles. The van der Waals surface area contributed by atoms with E-state index in [0.29, 0.717) is 5.82 Å². The summed E-state index contributed by atoms with van der Waals surface area (Å²) in [5.41, 5.74) is 0. The average molecular weight is 112 g/mol. The van der Waals surface area contributed by atoms with E-state index in [4.69, 9.17) is 5.39 Å². The lowest BCUT2D eigenvalue weighted by Gasteiger charge is -1.43. The monoisotopic (exact) mass is 112 g/mol. The smallest absolute Gasteiger partial charge is 0.0266 e. The second-order valence-corrected chi connectivity index (χ2v) is 1.62. The minimum atomic E-state index is 0.380. The Balaban J connectivity index is 3.04. The van der Waals surface area contributed by atoms with Crippen molar-refractivity contribution in [3.8, 4) is 0 Å². The first-order valence-corrected chi connectivity index (χ1v) is 2.52. The van der Waals surface area contributed by atoms with Gasteiger partial charge in [0.2, 0.25) is 0 Å². The highest BCUT2D eigenvalue weighted by atomic mass is 32.1. The topological polar surface area (TPSA) is 41.0 Å². The summed E-state index contributed by atoms with van der Waals surface area (Å²) in [6.45, 7) is 0. The SMILES string of the molecule is N#[N+]c1ccsn1. The van der Waals surface area contributed by atoms with Crippen molar-refractivity contribution in [1.82, 2.24) is 4.37 Å². The number of diazo groups is 1. The molecule has 0 aliphatic heterocycles. The minimum Gasteiger partial charge on any atom is 0.0266 e. The van der Waals surface area contributed by atoms with Crippen LogP contribution in [0.4, 0.5) is 5.82 Å². The molecule has 0 spiro atoms. The first-order chi connectivity index (χ1) is 3.43. The van der Waals surface area contributed by atoms with Gasteiger partial charge in [-0.05, 0) is 0 Å². The molecule has 1 aromatic rings. The molecule has 4 heteroatoms. The molecule has 0 bridgehead atoms. The fraction of sp³-hybridized carbons (Fsp3) is 0. The van der Waals surface area contributed by atoms with Crippen LogP contribution in [0.1, 0.15) is 0 Å². The molecular weight excluding hydrogens is 110 g/mol. The Morgan fingerprint density at radius 2 is 2.71 bits per heavy atom. The molecule has 0 aromatic carbocycles. The Bertz CT molecular complexity index is 173. The second-order valence-electron chi connectivity index (χ2n) is 0.958. The van der Waals surface area contributed by atoms with Crippen molar-refractivity contribution in [2.45, 2.75) is 0 Å². The molecule has 0 atom stereocenters. The van der Waals surface area contributed by atoms with Gasteiger partial charge in [0.1, 0.15) is 0 Å². The maximum absolute atomic E-state index is 8.00. The van der Waals surface area contributed by atoms with Crippen molar-refractivity contribution in [2.24, 2.45) is 0 Å². The van der Waals surface area contributed by atoms with Gasteiger partial charge in [0, 0.05) is 14.7 Å². The molecule has 0 aliphatic rings. The first-order valence-electron chi connectivity index (χ1n) is 1.69. The number of hydrogen-bond donors (Lipinski definition) is 0. The molecular formula is C3H2N3S+. The van der Waals surface area contributed by atoms with Crippen LogP contribution in [0.25, 0.3) is 4.98 Å². The van der Waals surface area contributed by atoms with E-state index in [1.165, 1.54) is 11.5 Å². The van der Waals surface area contributed by atoms with Crippen molar-refractivity contribution in [3.63, 3.8) is 0 Å². The average Bonchev–Trinajstić information content (AvgIpc) is 2.14. The number of aromatic nitrogens is 1. The summed E-state index contributed by atoms with van der Waals surface area (Å²) in [7, 11) is 0. The Kier molecular flexibility index (Phi) is 1.00. The fourth-order valence-electron chi connectivity index (χ4n) is 0.258. The lowest BCUT2D eigenvalue weighted by molar-refractivity contribution is 1.43. The molecule has 1 heterocycles. The highest BCUT2D eigenvalue weighted by Crippen LogP contribution is 2.07. The number of hydrogen-bond acceptors (Lipinski definition) is 3. The molecule has 3 nitrogen and oxygen atoms in total. The summed E-state index contributed by atoms with van der Waals surface area (Å²) < 4.78 is 3.66. The van der Waals surface area contributed by atoms with Crippen molar-refractivity contribution in [2.75, 3.05) is 0 Å². The van der Waals surface area contributed by atoms with E-state index in [-0.39, 0.29) is 0 Å². The van der Waals surface area contributed by atoms with E-state index in [1.807, 2.05) is 0 Å². The van der Waals surface area contributed by atoms with Gasteiger partial charge in [-0.25, -0.2) is 0 Å². The molecule has 0 N–H and O–H groups in total. The van der Waals surface area contributed by atoms with Crippen LogP contribution in [0.15, 0.2) is 11.4 Å². The third kappa shape index (κ3) is 0.725. The fourth-order valence-corrected chi connectivity index (χ4v) is 0.707. The molecule has 0 unspecified atom stereocenters. The second kappa shape index (κ2) is 1.67. The van der Waals surface area contributed by atoms with Gasteiger partial charge in [0.25, 0.3) is 0 Å². The summed E-state index contributed by atoms with van der Waals surface area (Å²) in [4.78, 5) is 2.83. The normalized spacial score (nSPS) is 7.86. The van der Waals surface area contributed by atoms with Crippen molar-refractivity contribution in [3.05, 3.63) is 16.4 Å². The van der Waals surface area contributed by atoms with Crippen LogP contribution in [0.3, 0.4) is 0 Å². The van der Waals surface area contributed by atoms with Crippen LogP contribution in [0.5, 0.6) is 0 Å².